The molecule has 6 N–H and O–H groups in total. The molecule has 0 bridgehead atoms. The van der Waals surface area contributed by atoms with Gasteiger partial charge in [0.1, 0.15) is 22.3 Å². The highest BCUT2D eigenvalue weighted by Crippen LogP contribution is 2.37. The normalized spacial score (nSPS) is 10.4. The number of nitrogens with one attached hydrogen (secondary N) is 2. The number of anilines is 6. The Morgan fingerprint density at radius 2 is 1.74 bits per heavy atom. The van der Waals surface area contributed by atoms with Gasteiger partial charge in [0.05, 0.1) is 43.2 Å². The molecule has 0 unspecified atom stereocenters. The fraction of sp³-hybridized carbons (Fsp3) is 0.261. The van der Waals surface area contributed by atoms with E-state index in [-0.39, 0.29) is 16.7 Å². The summed E-state index contributed by atoms with van der Waals surface area (Å²) in [5, 5.41) is 6.50. The predicted molar refractivity (Wildman–Crippen MR) is 138 cm³/mol. The van der Waals surface area contributed by atoms with Crippen LogP contribution in [-0.2, 0) is 0 Å². The van der Waals surface area contributed by atoms with E-state index < -0.39 is 6.09 Å². The summed E-state index contributed by atoms with van der Waals surface area (Å²) in [6, 6.07) is 8.35. The SMILES string of the molecule is CCN(CC)c1cc(OC)c(Nc2ncc(Cl)c(Nc3ccc(OC(N)=O)cc3OC)n2)cc1N. The number of nitrogens with two attached hydrogens (primary N) is 2. The van der Waals surface area contributed by atoms with Crippen LogP contribution in [0.15, 0.2) is 36.5 Å². The Labute approximate surface area is 208 Å². The maximum absolute atomic E-state index is 11.0. The molecule has 0 saturated heterocycles. The molecule has 12 heteroatoms. The number of primary amides is 1. The van der Waals surface area contributed by atoms with Crippen LogP contribution in [0.25, 0.3) is 0 Å². The van der Waals surface area contributed by atoms with Gasteiger partial charge in [0.25, 0.3) is 0 Å². The summed E-state index contributed by atoms with van der Waals surface area (Å²) in [6.45, 7) is 5.74. The molecule has 1 aromatic heterocycles. The molecule has 35 heavy (non-hydrogen) atoms. The number of aromatic nitrogens is 2. The third kappa shape index (κ3) is 6.07. The van der Waals surface area contributed by atoms with Gasteiger partial charge in [-0.25, -0.2) is 9.78 Å². The lowest BCUT2D eigenvalue weighted by molar-refractivity contribution is 0.210. The molecule has 11 nitrogen and oxygen atoms in total. The first-order valence-electron chi connectivity index (χ1n) is 10.7. The monoisotopic (exact) mass is 501 g/mol. The van der Waals surface area contributed by atoms with Crippen molar-refractivity contribution in [2.45, 2.75) is 13.8 Å². The molecule has 0 fully saturated rings. The van der Waals surface area contributed by atoms with E-state index in [0.29, 0.717) is 34.4 Å². The minimum absolute atomic E-state index is 0.230. The largest absolute Gasteiger partial charge is 0.494 e. The molecule has 0 atom stereocenters. The fourth-order valence-corrected chi connectivity index (χ4v) is 3.55. The van der Waals surface area contributed by atoms with Crippen molar-refractivity contribution in [1.29, 1.82) is 0 Å². The van der Waals surface area contributed by atoms with Gasteiger partial charge in [-0.2, -0.15) is 4.98 Å². The summed E-state index contributed by atoms with van der Waals surface area (Å²) >= 11 is 6.32. The van der Waals surface area contributed by atoms with Crippen LogP contribution in [0.4, 0.5) is 39.3 Å². The lowest BCUT2D eigenvalue weighted by Gasteiger charge is -2.24. The summed E-state index contributed by atoms with van der Waals surface area (Å²) in [5.74, 6) is 1.78. The van der Waals surface area contributed by atoms with Crippen LogP contribution in [0.5, 0.6) is 17.2 Å². The van der Waals surface area contributed by atoms with Crippen molar-refractivity contribution in [2.24, 2.45) is 5.73 Å². The van der Waals surface area contributed by atoms with Crippen molar-refractivity contribution in [1.82, 2.24) is 9.97 Å². The van der Waals surface area contributed by atoms with Crippen molar-refractivity contribution < 1.29 is 19.0 Å². The molecule has 0 radical (unpaired) electrons. The van der Waals surface area contributed by atoms with E-state index in [4.69, 9.17) is 37.3 Å². The molecule has 1 heterocycles. The first-order chi connectivity index (χ1) is 16.8. The molecular weight excluding hydrogens is 474 g/mol. The highest BCUT2D eigenvalue weighted by Gasteiger charge is 2.15. The Morgan fingerprint density at radius 3 is 2.37 bits per heavy atom. The Bertz CT molecular complexity index is 1200. The van der Waals surface area contributed by atoms with E-state index in [1.165, 1.54) is 19.4 Å². The van der Waals surface area contributed by atoms with Crippen molar-refractivity contribution in [3.63, 3.8) is 0 Å². The summed E-state index contributed by atoms with van der Waals surface area (Å²) in [6.07, 6.45) is 0.527. The molecule has 0 aliphatic carbocycles. The summed E-state index contributed by atoms with van der Waals surface area (Å²) < 4.78 is 15.8. The van der Waals surface area contributed by atoms with Gasteiger partial charge in [-0.15, -0.1) is 0 Å². The number of amides is 1. The third-order valence-electron chi connectivity index (χ3n) is 5.09. The zero-order chi connectivity index (χ0) is 25.5. The van der Waals surface area contributed by atoms with E-state index in [9.17, 15) is 4.79 Å². The maximum atomic E-state index is 11.0. The zero-order valence-corrected chi connectivity index (χ0v) is 20.6. The number of hydrogen-bond acceptors (Lipinski definition) is 10. The molecule has 3 aromatic rings. The predicted octanol–water partition coefficient (Wildman–Crippen LogP) is 4.52. The molecule has 2 aromatic carbocycles. The molecular formula is C23H28ClN7O4. The second-order valence-electron chi connectivity index (χ2n) is 7.21. The van der Waals surface area contributed by atoms with Crippen molar-refractivity contribution >= 4 is 52.2 Å². The number of methoxy groups -OCH3 is 2. The number of rotatable bonds is 10. The third-order valence-corrected chi connectivity index (χ3v) is 5.36. The molecule has 0 aliphatic rings. The van der Waals surface area contributed by atoms with Gasteiger partial charge >= 0.3 is 6.09 Å². The van der Waals surface area contributed by atoms with Gasteiger partial charge in [0.15, 0.2) is 5.82 Å². The van der Waals surface area contributed by atoms with Gasteiger partial charge in [-0.3, -0.25) is 0 Å². The van der Waals surface area contributed by atoms with Crippen LogP contribution in [0.3, 0.4) is 0 Å². The van der Waals surface area contributed by atoms with Crippen LogP contribution < -0.4 is 41.2 Å². The van der Waals surface area contributed by atoms with Crippen LogP contribution in [0, 0.1) is 0 Å². The van der Waals surface area contributed by atoms with E-state index >= 15 is 0 Å². The van der Waals surface area contributed by atoms with Crippen LogP contribution in [0.1, 0.15) is 13.8 Å². The standard InChI is InChI=1S/C23H28ClN7O4/c1-5-31(6-2)18-11-20(34-4)17(10-15(18)25)29-23-27-12-14(24)21(30-23)28-16-8-7-13(35-22(26)32)9-19(16)33-3/h7-12H,5-6,25H2,1-4H3,(H2,26,32)(H2,27,28,29,30). The van der Waals surface area contributed by atoms with Crippen molar-refractivity contribution in [3.05, 3.63) is 41.6 Å². The quantitative estimate of drug-likeness (QED) is 0.292. The second-order valence-corrected chi connectivity index (χ2v) is 7.61. The van der Waals surface area contributed by atoms with E-state index in [1.807, 2.05) is 6.07 Å². The lowest BCUT2D eigenvalue weighted by Crippen LogP contribution is -2.23. The van der Waals surface area contributed by atoms with Gasteiger partial charge in [0, 0.05) is 25.2 Å². The first-order valence-corrected chi connectivity index (χ1v) is 11.1. The smallest absolute Gasteiger partial charge is 0.409 e. The molecule has 0 spiro atoms. The summed E-state index contributed by atoms with van der Waals surface area (Å²) in [7, 11) is 3.05. The fourth-order valence-electron chi connectivity index (χ4n) is 3.41. The lowest BCUT2D eigenvalue weighted by atomic mass is 10.2. The highest BCUT2D eigenvalue weighted by atomic mass is 35.5. The van der Waals surface area contributed by atoms with Crippen molar-refractivity contribution in [3.8, 4) is 17.2 Å². The van der Waals surface area contributed by atoms with E-state index in [1.54, 1.807) is 25.3 Å². The Hall–Kier alpha value is -4.12. The first kappa shape index (κ1) is 25.5. The van der Waals surface area contributed by atoms with Crippen LogP contribution >= 0.6 is 11.6 Å². The van der Waals surface area contributed by atoms with E-state index in [0.717, 1.165) is 18.8 Å². The Kier molecular flexibility index (Phi) is 8.26. The molecule has 186 valence electrons. The zero-order valence-electron chi connectivity index (χ0n) is 19.9. The molecule has 1 amide bonds. The number of benzene rings is 2. The average Bonchev–Trinajstić information content (AvgIpc) is 2.83. The van der Waals surface area contributed by atoms with Gasteiger partial charge in [0.2, 0.25) is 5.95 Å². The van der Waals surface area contributed by atoms with Crippen molar-refractivity contribution in [2.75, 3.05) is 48.6 Å². The number of ether oxygens (including phenoxy) is 3. The topological polar surface area (TPSA) is 150 Å². The highest BCUT2D eigenvalue weighted by molar-refractivity contribution is 6.33. The number of hydrogen-bond donors (Lipinski definition) is 4. The molecule has 3 rings (SSSR count). The molecule has 0 aliphatic heterocycles. The number of nitrogen functional groups attached to an aromatic ring is 1. The Morgan fingerprint density at radius 1 is 1.06 bits per heavy atom. The molecule has 0 saturated carbocycles. The van der Waals surface area contributed by atoms with Crippen LogP contribution in [-0.4, -0.2) is 43.4 Å². The summed E-state index contributed by atoms with van der Waals surface area (Å²) in [5.41, 5.74) is 14.0. The van der Waals surface area contributed by atoms with Gasteiger partial charge in [-0.05, 0) is 32.0 Å². The minimum Gasteiger partial charge on any atom is -0.494 e. The number of nitrogens with zero attached hydrogens (tertiary/aromatic N) is 3. The minimum atomic E-state index is -0.927. The number of halogens is 1. The van der Waals surface area contributed by atoms with Gasteiger partial charge < -0.3 is 41.2 Å². The van der Waals surface area contributed by atoms with Gasteiger partial charge in [-0.1, -0.05) is 11.6 Å². The second kappa shape index (κ2) is 11.3. The van der Waals surface area contributed by atoms with Crippen LogP contribution in [0.2, 0.25) is 5.02 Å². The average molecular weight is 502 g/mol. The maximum Gasteiger partial charge on any atom is 0.409 e. The van der Waals surface area contributed by atoms with E-state index in [2.05, 4.69) is 39.3 Å². The number of carbonyl (C=O) groups excluding carboxylic acids is 1. The number of carbonyl (C=O) groups is 1. The Balaban J connectivity index is 1.89. The summed E-state index contributed by atoms with van der Waals surface area (Å²) in [4.78, 5) is 21.9.